The molecule has 0 aliphatic rings. The van der Waals surface area contributed by atoms with Crippen molar-refractivity contribution in [2.75, 3.05) is 6.61 Å². The maximum absolute atomic E-state index is 12.4. The van der Waals surface area contributed by atoms with Crippen molar-refractivity contribution < 1.29 is 14.3 Å². The van der Waals surface area contributed by atoms with Gasteiger partial charge in [0.2, 0.25) is 11.8 Å². The molecule has 1 heterocycles. The topological polar surface area (TPSA) is 81.0 Å². The highest BCUT2D eigenvalue weighted by Crippen LogP contribution is 2.14. The zero-order valence-electron chi connectivity index (χ0n) is 12.0. The summed E-state index contributed by atoms with van der Waals surface area (Å²) >= 11 is 0. The van der Waals surface area contributed by atoms with Crippen LogP contribution in [-0.4, -0.2) is 29.4 Å². The second-order valence-corrected chi connectivity index (χ2v) is 4.31. The van der Waals surface area contributed by atoms with E-state index in [4.69, 9.17) is 4.74 Å². The van der Waals surface area contributed by atoms with Gasteiger partial charge in [0.05, 0.1) is 12.3 Å². The van der Waals surface area contributed by atoms with E-state index < -0.39 is 17.8 Å². The van der Waals surface area contributed by atoms with Crippen LogP contribution in [0.5, 0.6) is 0 Å². The monoisotopic (exact) mass is 297 g/mol. The number of pyridine rings is 1. The normalized spacial score (nSPS) is 12.0. The van der Waals surface area contributed by atoms with Gasteiger partial charge >= 0.3 is 5.97 Å². The highest BCUT2D eigenvalue weighted by molar-refractivity contribution is 6.12. The second kappa shape index (κ2) is 7.78. The summed E-state index contributed by atoms with van der Waals surface area (Å²) in [6.45, 7) is 1.83. The number of aromatic nitrogens is 1. The lowest BCUT2D eigenvalue weighted by Crippen LogP contribution is -2.30. The first-order valence-corrected chi connectivity index (χ1v) is 6.79. The molecule has 1 aromatic heterocycles. The third kappa shape index (κ3) is 4.05. The largest absolute Gasteiger partial charge is 0.464 e. The number of ether oxygens (including phenoxy) is 1. The van der Waals surface area contributed by atoms with Crippen LogP contribution < -0.4 is 0 Å². The number of ketones is 1. The van der Waals surface area contributed by atoms with E-state index in [2.05, 4.69) is 15.2 Å². The van der Waals surface area contributed by atoms with Crippen LogP contribution in [0.2, 0.25) is 0 Å². The van der Waals surface area contributed by atoms with Crippen LogP contribution in [0.15, 0.2) is 65.1 Å². The van der Waals surface area contributed by atoms with E-state index in [1.54, 1.807) is 31.2 Å². The number of benzene rings is 1. The van der Waals surface area contributed by atoms with E-state index in [0.717, 1.165) is 0 Å². The number of Topliss-reactive ketones (excluding diaryl/α,β-unsaturated/α-hetero) is 1. The number of hydrogen-bond donors (Lipinski definition) is 0. The van der Waals surface area contributed by atoms with Gasteiger partial charge in [0.15, 0.2) is 0 Å². The Morgan fingerprint density at radius 1 is 1.14 bits per heavy atom. The Balaban J connectivity index is 2.25. The van der Waals surface area contributed by atoms with Crippen molar-refractivity contribution in [1.82, 2.24) is 4.98 Å². The van der Waals surface area contributed by atoms with Crippen molar-refractivity contribution in [2.45, 2.75) is 13.0 Å². The maximum atomic E-state index is 12.4. The van der Waals surface area contributed by atoms with Gasteiger partial charge in [-0.2, -0.15) is 10.2 Å². The fraction of sp³-hybridized carbons (Fsp3) is 0.188. The van der Waals surface area contributed by atoms with E-state index in [1.165, 1.54) is 24.5 Å². The van der Waals surface area contributed by atoms with E-state index in [0.29, 0.717) is 11.3 Å². The summed E-state index contributed by atoms with van der Waals surface area (Å²) in [5.74, 6) is -1.19. The molecule has 0 fully saturated rings. The molecule has 0 bridgehead atoms. The van der Waals surface area contributed by atoms with Crippen LogP contribution in [0.1, 0.15) is 17.3 Å². The Bertz CT molecular complexity index is 657. The maximum Gasteiger partial charge on any atom is 0.341 e. The zero-order valence-corrected chi connectivity index (χ0v) is 12.0. The molecule has 0 N–H and O–H groups in total. The minimum atomic E-state index is -1.32. The van der Waals surface area contributed by atoms with E-state index in [9.17, 15) is 9.59 Å². The molecule has 1 atom stereocenters. The first kappa shape index (κ1) is 15.5. The van der Waals surface area contributed by atoms with Gasteiger partial charge in [-0.15, -0.1) is 0 Å². The molecule has 2 aromatic rings. The van der Waals surface area contributed by atoms with Gasteiger partial charge in [-0.3, -0.25) is 9.78 Å². The van der Waals surface area contributed by atoms with Crippen molar-refractivity contribution in [3.63, 3.8) is 0 Å². The third-order valence-electron chi connectivity index (χ3n) is 2.77. The van der Waals surface area contributed by atoms with Gasteiger partial charge < -0.3 is 4.74 Å². The van der Waals surface area contributed by atoms with Gasteiger partial charge in [0, 0.05) is 18.0 Å². The SMILES string of the molecule is CCOC(=O)[C@@H](N=Nc1ccccc1)C(=O)c1ccncc1. The first-order chi connectivity index (χ1) is 10.7. The van der Waals surface area contributed by atoms with Gasteiger partial charge in [-0.25, -0.2) is 4.79 Å². The Hall–Kier alpha value is -2.89. The molecule has 1 aromatic carbocycles. The average molecular weight is 297 g/mol. The zero-order chi connectivity index (χ0) is 15.8. The van der Waals surface area contributed by atoms with Crippen LogP contribution in [0.25, 0.3) is 0 Å². The summed E-state index contributed by atoms with van der Waals surface area (Å²) in [7, 11) is 0. The fourth-order valence-electron chi connectivity index (χ4n) is 1.72. The summed E-state index contributed by atoms with van der Waals surface area (Å²) in [4.78, 5) is 28.2. The van der Waals surface area contributed by atoms with Crippen molar-refractivity contribution in [2.24, 2.45) is 10.2 Å². The van der Waals surface area contributed by atoms with Gasteiger partial charge in [0.25, 0.3) is 0 Å². The molecule has 0 saturated heterocycles. The third-order valence-corrected chi connectivity index (χ3v) is 2.77. The number of azo groups is 1. The van der Waals surface area contributed by atoms with Crippen molar-refractivity contribution >= 4 is 17.4 Å². The van der Waals surface area contributed by atoms with Gasteiger partial charge in [-0.05, 0) is 31.2 Å². The molecule has 0 spiro atoms. The van der Waals surface area contributed by atoms with Gasteiger partial charge in [-0.1, -0.05) is 18.2 Å². The minimum Gasteiger partial charge on any atom is -0.464 e. The summed E-state index contributed by atoms with van der Waals surface area (Å²) < 4.78 is 4.91. The quantitative estimate of drug-likeness (QED) is 0.355. The van der Waals surface area contributed by atoms with Crippen LogP contribution >= 0.6 is 0 Å². The molecule has 112 valence electrons. The number of nitrogens with zero attached hydrogens (tertiary/aromatic N) is 3. The molecule has 0 unspecified atom stereocenters. The van der Waals surface area contributed by atoms with Crippen molar-refractivity contribution in [1.29, 1.82) is 0 Å². The van der Waals surface area contributed by atoms with Gasteiger partial charge in [0.1, 0.15) is 0 Å². The number of carbonyl (C=O) groups excluding carboxylic acids is 2. The number of esters is 1. The van der Waals surface area contributed by atoms with Crippen LogP contribution in [0, 0.1) is 0 Å². The van der Waals surface area contributed by atoms with E-state index in [1.807, 2.05) is 6.07 Å². The molecule has 0 saturated carbocycles. The second-order valence-electron chi connectivity index (χ2n) is 4.31. The van der Waals surface area contributed by atoms with Crippen LogP contribution in [0.3, 0.4) is 0 Å². The first-order valence-electron chi connectivity index (χ1n) is 6.79. The highest BCUT2D eigenvalue weighted by atomic mass is 16.5. The standard InChI is InChI=1S/C16H15N3O3/c1-2-22-16(21)14(15(20)12-8-10-17-11-9-12)19-18-13-6-4-3-5-7-13/h3-11,14H,2H2,1H3/t14-/m0/s1. The van der Waals surface area contributed by atoms with Crippen LogP contribution in [0.4, 0.5) is 5.69 Å². The van der Waals surface area contributed by atoms with Crippen LogP contribution in [-0.2, 0) is 9.53 Å². The lowest BCUT2D eigenvalue weighted by molar-refractivity contribution is -0.143. The fourth-order valence-corrected chi connectivity index (χ4v) is 1.72. The number of hydrogen-bond acceptors (Lipinski definition) is 6. The minimum absolute atomic E-state index is 0.166. The highest BCUT2D eigenvalue weighted by Gasteiger charge is 2.29. The predicted molar refractivity (Wildman–Crippen MR) is 79.9 cm³/mol. The molecule has 0 radical (unpaired) electrons. The molecule has 0 aliphatic carbocycles. The summed E-state index contributed by atoms with van der Waals surface area (Å²) in [6.07, 6.45) is 2.95. The molecule has 2 rings (SSSR count). The molecule has 0 amide bonds. The van der Waals surface area contributed by atoms with E-state index in [-0.39, 0.29) is 6.61 Å². The lowest BCUT2D eigenvalue weighted by atomic mass is 10.1. The smallest absolute Gasteiger partial charge is 0.341 e. The molecule has 22 heavy (non-hydrogen) atoms. The molecular formula is C16H15N3O3. The molecule has 6 heteroatoms. The molecule has 6 nitrogen and oxygen atoms in total. The summed E-state index contributed by atoms with van der Waals surface area (Å²) in [5.41, 5.74) is 0.888. The Morgan fingerprint density at radius 2 is 1.82 bits per heavy atom. The summed E-state index contributed by atoms with van der Waals surface area (Å²) in [6, 6.07) is 10.6. The lowest BCUT2D eigenvalue weighted by Gasteiger charge is -2.09. The Kier molecular flexibility index (Phi) is 5.48. The molecule has 0 aliphatic heterocycles. The molecular weight excluding hydrogens is 282 g/mol. The summed E-state index contributed by atoms with van der Waals surface area (Å²) in [5, 5.41) is 7.81. The Morgan fingerprint density at radius 3 is 2.45 bits per heavy atom. The van der Waals surface area contributed by atoms with Crippen molar-refractivity contribution in [3.8, 4) is 0 Å². The predicted octanol–water partition coefficient (Wildman–Crippen LogP) is 2.98. The van der Waals surface area contributed by atoms with Crippen molar-refractivity contribution in [3.05, 3.63) is 60.4 Å². The average Bonchev–Trinajstić information content (AvgIpc) is 2.57. The number of carbonyl (C=O) groups is 2. The Labute approximate surface area is 127 Å². The number of rotatable bonds is 6. The van der Waals surface area contributed by atoms with E-state index >= 15 is 0 Å².